The minimum absolute atomic E-state index is 0.00877. The lowest BCUT2D eigenvalue weighted by atomic mass is 10.0. The van der Waals surface area contributed by atoms with E-state index in [1.807, 2.05) is 37.4 Å². The van der Waals surface area contributed by atoms with Crippen LogP contribution in [0.1, 0.15) is 113 Å². The molecule has 0 spiro atoms. The number of carbonyl (C=O) groups excluding carboxylic acids is 1. The fourth-order valence-electron chi connectivity index (χ4n) is 4.77. The van der Waals surface area contributed by atoms with Crippen molar-refractivity contribution in [2.24, 2.45) is 7.05 Å². The molecule has 37 heavy (non-hydrogen) atoms. The average molecular weight is 525 g/mol. The number of H-pyrrole nitrogens is 1. The molecule has 3 rings (SSSR count). The maximum absolute atomic E-state index is 12.7. The molecule has 1 aromatic carbocycles. The van der Waals surface area contributed by atoms with E-state index in [0.717, 1.165) is 6.42 Å². The second-order valence-corrected chi connectivity index (χ2v) is 10.4. The van der Waals surface area contributed by atoms with Gasteiger partial charge in [-0.25, -0.2) is 9.67 Å². The minimum Gasteiger partial charge on any atom is -0.476 e. The molecule has 0 saturated carbocycles. The topological polar surface area (TPSA) is 72.8 Å². The summed E-state index contributed by atoms with van der Waals surface area (Å²) >= 11 is 5.34. The molecule has 0 atom stereocenters. The summed E-state index contributed by atoms with van der Waals surface area (Å²) in [5, 5.41) is 4.59. The normalized spacial score (nSPS) is 11.3. The fraction of sp³-hybridized carbons (Fsp3) is 0.600. The van der Waals surface area contributed by atoms with Crippen LogP contribution in [0.5, 0.6) is 5.88 Å². The highest BCUT2D eigenvalue weighted by molar-refractivity contribution is 7.71. The second-order valence-electron chi connectivity index (χ2n) is 10.1. The molecule has 0 radical (unpaired) electrons. The van der Waals surface area contributed by atoms with Crippen molar-refractivity contribution < 1.29 is 9.53 Å². The first-order valence-corrected chi connectivity index (χ1v) is 14.7. The summed E-state index contributed by atoms with van der Waals surface area (Å²) in [6.45, 7) is 2.91. The largest absolute Gasteiger partial charge is 0.476 e. The van der Waals surface area contributed by atoms with Crippen molar-refractivity contribution in [3.8, 4) is 5.88 Å². The fourth-order valence-corrected chi connectivity index (χ4v) is 4.98. The van der Waals surface area contributed by atoms with E-state index in [2.05, 4.69) is 22.0 Å². The number of nitrogens with one attached hydrogen (secondary N) is 1. The van der Waals surface area contributed by atoms with Gasteiger partial charge in [-0.05, 0) is 18.6 Å². The van der Waals surface area contributed by atoms with Crippen molar-refractivity contribution in [3.05, 3.63) is 46.4 Å². The van der Waals surface area contributed by atoms with Gasteiger partial charge in [-0.3, -0.25) is 4.79 Å². The Balaban J connectivity index is 1.37. The zero-order valence-corrected chi connectivity index (χ0v) is 23.6. The lowest BCUT2D eigenvalue weighted by Gasteiger charge is -2.07. The zero-order valence-electron chi connectivity index (χ0n) is 22.8. The Hall–Kier alpha value is -2.54. The Morgan fingerprint density at radius 2 is 1.46 bits per heavy atom. The number of aromatic nitrogens is 4. The number of rotatable bonds is 19. The molecule has 202 valence electrons. The summed E-state index contributed by atoms with van der Waals surface area (Å²) in [6.07, 6.45) is 18.8. The predicted octanol–water partition coefficient (Wildman–Crippen LogP) is 8.31. The maximum Gasteiger partial charge on any atom is 0.236 e. The lowest BCUT2D eigenvalue weighted by Crippen LogP contribution is -2.06. The number of unbranched alkanes of at least 4 members (excludes halogenated alkanes) is 13. The van der Waals surface area contributed by atoms with E-state index < -0.39 is 0 Å². The van der Waals surface area contributed by atoms with Crippen LogP contribution < -0.4 is 4.74 Å². The Kier molecular flexibility index (Phi) is 12.8. The molecular weight excluding hydrogens is 480 g/mol. The zero-order chi connectivity index (χ0) is 26.3. The molecule has 3 aromatic rings. The smallest absolute Gasteiger partial charge is 0.236 e. The Morgan fingerprint density at radius 1 is 0.892 bits per heavy atom. The molecule has 0 saturated heterocycles. The number of ether oxygens (including phenoxy) is 1. The summed E-state index contributed by atoms with van der Waals surface area (Å²) in [4.78, 5) is 20.3. The van der Waals surface area contributed by atoms with Crippen LogP contribution in [0.25, 0.3) is 11.0 Å². The van der Waals surface area contributed by atoms with E-state index in [0.29, 0.717) is 39.5 Å². The van der Waals surface area contributed by atoms with Gasteiger partial charge in [-0.1, -0.05) is 121 Å². The number of carbonyl (C=O) groups is 1. The number of benzene rings is 1. The molecule has 1 N–H and O–H groups in total. The molecule has 0 aliphatic carbocycles. The molecule has 0 aliphatic rings. The van der Waals surface area contributed by atoms with Crippen LogP contribution in [0.3, 0.4) is 0 Å². The van der Waals surface area contributed by atoms with Crippen LogP contribution in [0.4, 0.5) is 0 Å². The number of hydrogen-bond acceptors (Lipinski definition) is 5. The van der Waals surface area contributed by atoms with Crippen LogP contribution in [0, 0.1) is 4.77 Å². The SMILES string of the molecule is CCCCCCCCCCCCCCCCOc1c2[nH]c(=S)nc(CC(=O)c3ccccc3)c2nn1C. The molecule has 0 bridgehead atoms. The number of aromatic amines is 1. The van der Waals surface area contributed by atoms with E-state index in [4.69, 9.17) is 17.0 Å². The highest BCUT2D eigenvalue weighted by atomic mass is 32.1. The highest BCUT2D eigenvalue weighted by Crippen LogP contribution is 2.26. The Labute approximate surface area is 227 Å². The van der Waals surface area contributed by atoms with Gasteiger partial charge in [0.25, 0.3) is 0 Å². The minimum atomic E-state index is -0.00877. The number of nitrogens with zero attached hydrogens (tertiary/aromatic N) is 3. The molecule has 2 aromatic heterocycles. The molecule has 7 heteroatoms. The summed E-state index contributed by atoms with van der Waals surface area (Å²) in [5.74, 6) is 0.636. The van der Waals surface area contributed by atoms with E-state index >= 15 is 0 Å². The van der Waals surface area contributed by atoms with Gasteiger partial charge in [0.2, 0.25) is 5.88 Å². The van der Waals surface area contributed by atoms with Crippen LogP contribution in [-0.2, 0) is 13.5 Å². The molecule has 0 amide bonds. The summed E-state index contributed by atoms with van der Waals surface area (Å²) < 4.78 is 8.14. The van der Waals surface area contributed by atoms with Crippen molar-refractivity contribution in [2.75, 3.05) is 6.61 Å². The van der Waals surface area contributed by atoms with E-state index in [-0.39, 0.29) is 12.2 Å². The van der Waals surface area contributed by atoms with Gasteiger partial charge in [-0.15, -0.1) is 0 Å². The summed E-state index contributed by atoms with van der Waals surface area (Å²) in [7, 11) is 1.85. The average Bonchev–Trinajstić information content (AvgIpc) is 3.21. The molecule has 2 heterocycles. The quantitative estimate of drug-likeness (QED) is 0.0969. The second kappa shape index (κ2) is 16.3. The third-order valence-electron chi connectivity index (χ3n) is 6.90. The third kappa shape index (κ3) is 9.69. The number of fused-ring (bicyclic) bond motifs is 1. The number of aryl methyl sites for hydroxylation is 1. The van der Waals surface area contributed by atoms with E-state index in [1.165, 1.54) is 83.5 Å². The first-order chi connectivity index (χ1) is 18.1. The third-order valence-corrected chi connectivity index (χ3v) is 7.09. The van der Waals surface area contributed by atoms with Gasteiger partial charge in [0.15, 0.2) is 10.6 Å². The first-order valence-electron chi connectivity index (χ1n) is 14.3. The monoisotopic (exact) mass is 524 g/mol. The molecule has 0 unspecified atom stereocenters. The molecule has 0 fully saturated rings. The maximum atomic E-state index is 12.7. The number of hydrogen-bond donors (Lipinski definition) is 1. The van der Waals surface area contributed by atoms with Gasteiger partial charge < -0.3 is 9.72 Å². The molecular formula is C30H44N4O2S. The van der Waals surface area contributed by atoms with Gasteiger partial charge >= 0.3 is 0 Å². The molecule has 0 aliphatic heterocycles. The Morgan fingerprint density at radius 3 is 2.05 bits per heavy atom. The van der Waals surface area contributed by atoms with Crippen molar-refractivity contribution in [1.82, 2.24) is 19.7 Å². The summed E-state index contributed by atoms with van der Waals surface area (Å²) in [6, 6.07) is 9.24. The summed E-state index contributed by atoms with van der Waals surface area (Å²) in [5.41, 5.74) is 2.58. The molecule has 6 nitrogen and oxygen atoms in total. The standard InChI is InChI=1S/C30H44N4O2S/c1-3-4-5-6-7-8-9-10-11-12-13-14-15-19-22-36-29-28-27(33-34(29)2)25(31-30(37)32-28)23-26(35)24-20-17-16-18-21-24/h16-18,20-21H,3-15,19,22-23H2,1-2H3,(H,32,37). The van der Waals surface area contributed by atoms with Crippen molar-refractivity contribution >= 4 is 29.0 Å². The van der Waals surface area contributed by atoms with Gasteiger partial charge in [0.1, 0.15) is 11.0 Å². The predicted molar refractivity (Wildman–Crippen MR) is 154 cm³/mol. The van der Waals surface area contributed by atoms with Crippen LogP contribution in [0.2, 0.25) is 0 Å². The van der Waals surface area contributed by atoms with Crippen LogP contribution >= 0.6 is 12.2 Å². The van der Waals surface area contributed by atoms with Gasteiger partial charge in [0, 0.05) is 12.6 Å². The van der Waals surface area contributed by atoms with Crippen LogP contribution in [0.15, 0.2) is 30.3 Å². The Bertz CT molecular complexity index is 1140. The van der Waals surface area contributed by atoms with Gasteiger partial charge in [-0.2, -0.15) is 5.10 Å². The van der Waals surface area contributed by atoms with Crippen LogP contribution in [-0.4, -0.2) is 32.1 Å². The van der Waals surface area contributed by atoms with E-state index in [9.17, 15) is 4.79 Å². The number of Topliss-reactive ketones (excluding diaryl/α,β-unsaturated/α-hetero) is 1. The highest BCUT2D eigenvalue weighted by Gasteiger charge is 2.18. The van der Waals surface area contributed by atoms with Crippen molar-refractivity contribution in [1.29, 1.82) is 0 Å². The van der Waals surface area contributed by atoms with E-state index in [1.54, 1.807) is 4.68 Å². The lowest BCUT2D eigenvalue weighted by molar-refractivity contribution is 0.0992. The van der Waals surface area contributed by atoms with Gasteiger partial charge in [0.05, 0.1) is 18.7 Å². The number of ketones is 1. The van der Waals surface area contributed by atoms with Crippen molar-refractivity contribution in [2.45, 2.75) is 103 Å². The van der Waals surface area contributed by atoms with Crippen molar-refractivity contribution in [3.63, 3.8) is 0 Å². The first kappa shape index (κ1) is 29.0.